The lowest BCUT2D eigenvalue weighted by Crippen LogP contribution is -2.55. The van der Waals surface area contributed by atoms with Crippen molar-refractivity contribution in [2.75, 3.05) is 26.2 Å². The van der Waals surface area contributed by atoms with Crippen LogP contribution in [0.25, 0.3) is 11.1 Å². The number of sulfonamides is 1. The molecule has 11 heteroatoms. The molecule has 1 atom stereocenters. The molecular formula is C21H21F3N2O5S. The fourth-order valence-electron chi connectivity index (χ4n) is 4.48. The summed E-state index contributed by atoms with van der Waals surface area (Å²) in [7, 11) is -4.21. The number of benzene rings is 2. The van der Waals surface area contributed by atoms with Crippen LogP contribution in [0.4, 0.5) is 13.2 Å². The molecule has 0 aromatic heterocycles. The molecule has 0 radical (unpaired) electrons. The Balaban J connectivity index is 1.77. The van der Waals surface area contributed by atoms with Gasteiger partial charge < -0.3 is 15.2 Å². The third-order valence-corrected chi connectivity index (χ3v) is 8.46. The SMILES string of the molecule is O=C(O)C1(S(=O)(=O)N2CCNCC2)CCc2c(-c3ccc(OC(F)(F)F)cc3)cccc21. The van der Waals surface area contributed by atoms with Crippen LogP contribution in [0.2, 0.25) is 0 Å². The van der Waals surface area contributed by atoms with Crippen LogP contribution >= 0.6 is 0 Å². The van der Waals surface area contributed by atoms with Crippen molar-refractivity contribution in [2.45, 2.75) is 24.0 Å². The van der Waals surface area contributed by atoms with Gasteiger partial charge in [0.25, 0.3) is 0 Å². The third kappa shape index (κ3) is 3.74. The minimum absolute atomic E-state index is 0.115. The predicted octanol–water partition coefficient (Wildman–Crippen LogP) is 2.71. The molecule has 2 aromatic rings. The van der Waals surface area contributed by atoms with Crippen molar-refractivity contribution in [3.05, 3.63) is 53.6 Å². The van der Waals surface area contributed by atoms with Gasteiger partial charge in [-0.25, -0.2) is 8.42 Å². The van der Waals surface area contributed by atoms with Crippen LogP contribution in [0.15, 0.2) is 42.5 Å². The van der Waals surface area contributed by atoms with Gasteiger partial charge in [0.1, 0.15) is 5.75 Å². The number of hydrogen-bond donors (Lipinski definition) is 2. The van der Waals surface area contributed by atoms with Gasteiger partial charge in [0.15, 0.2) is 0 Å². The smallest absolute Gasteiger partial charge is 0.480 e. The van der Waals surface area contributed by atoms with Gasteiger partial charge in [0, 0.05) is 26.2 Å². The monoisotopic (exact) mass is 470 g/mol. The zero-order valence-corrected chi connectivity index (χ0v) is 17.7. The Morgan fingerprint density at radius 2 is 1.75 bits per heavy atom. The van der Waals surface area contributed by atoms with Crippen LogP contribution < -0.4 is 10.1 Å². The number of piperazine rings is 1. The third-order valence-electron chi connectivity index (χ3n) is 5.94. The van der Waals surface area contributed by atoms with E-state index in [1.54, 1.807) is 12.1 Å². The number of carboxylic acid groups (broad SMARTS) is 1. The van der Waals surface area contributed by atoms with Gasteiger partial charge in [0.2, 0.25) is 14.8 Å². The molecule has 2 aromatic carbocycles. The molecule has 172 valence electrons. The Bertz CT molecular complexity index is 1130. The molecule has 7 nitrogen and oxygen atoms in total. The summed E-state index contributed by atoms with van der Waals surface area (Å²) in [4.78, 5) is 12.5. The van der Waals surface area contributed by atoms with Crippen LogP contribution in [0.3, 0.4) is 0 Å². The molecule has 0 bridgehead atoms. The van der Waals surface area contributed by atoms with E-state index in [-0.39, 0.29) is 37.2 Å². The maximum Gasteiger partial charge on any atom is 0.573 e. The number of fused-ring (bicyclic) bond motifs is 1. The van der Waals surface area contributed by atoms with Crippen molar-refractivity contribution < 1.29 is 36.2 Å². The van der Waals surface area contributed by atoms with Gasteiger partial charge >= 0.3 is 12.3 Å². The van der Waals surface area contributed by atoms with Gasteiger partial charge in [-0.05, 0) is 47.2 Å². The lowest BCUT2D eigenvalue weighted by Gasteiger charge is -2.35. The summed E-state index contributed by atoms with van der Waals surface area (Å²) in [5.74, 6) is -1.81. The second-order valence-electron chi connectivity index (χ2n) is 7.69. The van der Waals surface area contributed by atoms with E-state index in [9.17, 15) is 31.5 Å². The number of nitrogens with zero attached hydrogens (tertiary/aromatic N) is 1. The quantitative estimate of drug-likeness (QED) is 0.698. The average molecular weight is 470 g/mol. The molecule has 0 spiro atoms. The molecule has 1 saturated heterocycles. The van der Waals surface area contributed by atoms with Crippen molar-refractivity contribution in [2.24, 2.45) is 0 Å². The summed E-state index contributed by atoms with van der Waals surface area (Å²) in [5, 5.41) is 13.2. The molecule has 4 rings (SSSR count). The number of carboxylic acids is 1. The van der Waals surface area contributed by atoms with Crippen LogP contribution in [0.1, 0.15) is 17.5 Å². The average Bonchev–Trinajstić information content (AvgIpc) is 3.15. The summed E-state index contributed by atoms with van der Waals surface area (Å²) in [5.41, 5.74) is 1.89. The summed E-state index contributed by atoms with van der Waals surface area (Å²) in [6.45, 7) is 1.25. The molecule has 1 fully saturated rings. The van der Waals surface area contributed by atoms with Gasteiger partial charge in [-0.2, -0.15) is 4.31 Å². The van der Waals surface area contributed by atoms with E-state index in [1.165, 1.54) is 34.6 Å². The zero-order chi connectivity index (χ0) is 23.1. The van der Waals surface area contributed by atoms with Crippen LogP contribution in [0.5, 0.6) is 5.75 Å². The lowest BCUT2D eigenvalue weighted by atomic mass is 9.94. The highest BCUT2D eigenvalue weighted by molar-refractivity contribution is 7.90. The summed E-state index contributed by atoms with van der Waals surface area (Å²) >= 11 is 0. The highest BCUT2D eigenvalue weighted by Crippen LogP contribution is 2.48. The second-order valence-corrected chi connectivity index (χ2v) is 9.85. The highest BCUT2D eigenvalue weighted by Gasteiger charge is 2.58. The maximum atomic E-state index is 13.5. The van der Waals surface area contributed by atoms with E-state index in [2.05, 4.69) is 10.1 Å². The molecule has 2 N–H and O–H groups in total. The number of alkyl halides is 3. The zero-order valence-electron chi connectivity index (χ0n) is 16.9. The van der Waals surface area contributed by atoms with E-state index in [1.807, 2.05) is 0 Å². The van der Waals surface area contributed by atoms with Crippen LogP contribution in [-0.4, -0.2) is 56.3 Å². The second kappa shape index (κ2) is 8.05. The fraction of sp³-hybridized carbons (Fsp3) is 0.381. The molecule has 32 heavy (non-hydrogen) atoms. The van der Waals surface area contributed by atoms with E-state index in [4.69, 9.17) is 0 Å². The van der Waals surface area contributed by atoms with E-state index in [0.717, 1.165) is 0 Å². The maximum absolute atomic E-state index is 13.5. The van der Waals surface area contributed by atoms with Crippen LogP contribution in [-0.2, 0) is 26.0 Å². The van der Waals surface area contributed by atoms with E-state index < -0.39 is 27.1 Å². The first-order valence-electron chi connectivity index (χ1n) is 9.99. The molecule has 2 aliphatic rings. The highest BCUT2D eigenvalue weighted by atomic mass is 32.2. The molecule has 0 saturated carbocycles. The van der Waals surface area contributed by atoms with Crippen molar-refractivity contribution in [3.8, 4) is 16.9 Å². The molecule has 1 heterocycles. The predicted molar refractivity (Wildman–Crippen MR) is 110 cm³/mol. The van der Waals surface area contributed by atoms with E-state index >= 15 is 0 Å². The number of aliphatic carboxylic acids is 1. The fourth-order valence-corrected chi connectivity index (χ4v) is 6.64. The Kier molecular flexibility index (Phi) is 5.68. The molecular weight excluding hydrogens is 449 g/mol. The Morgan fingerprint density at radius 3 is 2.34 bits per heavy atom. The molecule has 1 aliphatic heterocycles. The first-order chi connectivity index (χ1) is 15.1. The van der Waals surface area contributed by atoms with Crippen LogP contribution in [0, 0.1) is 0 Å². The standard InChI is InChI=1S/C21H21F3N2O5S/c22-21(23,24)31-15-6-4-14(5-7-15)16-2-1-3-18-17(16)8-9-20(18,19(27)28)32(29,30)26-12-10-25-11-13-26/h1-7,25H,8-13H2,(H,27,28). The first-order valence-corrected chi connectivity index (χ1v) is 11.4. The van der Waals surface area contributed by atoms with Crippen molar-refractivity contribution >= 4 is 16.0 Å². The van der Waals surface area contributed by atoms with Gasteiger partial charge in [-0.3, -0.25) is 4.79 Å². The molecule has 0 amide bonds. The summed E-state index contributed by atoms with van der Waals surface area (Å²) in [6.07, 6.45) is -4.71. The number of halogens is 3. The largest absolute Gasteiger partial charge is 0.573 e. The number of nitrogens with one attached hydrogen (secondary N) is 1. The van der Waals surface area contributed by atoms with E-state index in [0.29, 0.717) is 29.8 Å². The van der Waals surface area contributed by atoms with Gasteiger partial charge in [-0.15, -0.1) is 13.2 Å². The molecule has 1 unspecified atom stereocenters. The Labute approximate surface area is 182 Å². The topological polar surface area (TPSA) is 95.9 Å². The Morgan fingerprint density at radius 1 is 1.09 bits per heavy atom. The van der Waals surface area contributed by atoms with Crippen molar-refractivity contribution in [1.29, 1.82) is 0 Å². The van der Waals surface area contributed by atoms with Crippen molar-refractivity contribution in [1.82, 2.24) is 9.62 Å². The Hall–Kier alpha value is -2.63. The minimum Gasteiger partial charge on any atom is -0.480 e. The number of hydrogen-bond acceptors (Lipinski definition) is 5. The summed E-state index contributed by atoms with van der Waals surface area (Å²) in [6, 6.07) is 9.99. The molecule has 1 aliphatic carbocycles. The minimum atomic E-state index is -4.81. The lowest BCUT2D eigenvalue weighted by molar-refractivity contribution is -0.274. The number of rotatable bonds is 5. The summed E-state index contributed by atoms with van der Waals surface area (Å²) < 4.78 is 67.4. The normalized spacial score (nSPS) is 21.8. The number of ether oxygens (including phenoxy) is 1. The van der Waals surface area contributed by atoms with Crippen molar-refractivity contribution in [3.63, 3.8) is 0 Å². The first kappa shape index (κ1) is 22.6. The number of carbonyl (C=O) groups is 1. The van der Waals surface area contributed by atoms with Gasteiger partial charge in [-0.1, -0.05) is 30.3 Å². The van der Waals surface area contributed by atoms with Gasteiger partial charge in [0.05, 0.1) is 0 Å².